The summed E-state index contributed by atoms with van der Waals surface area (Å²) in [5.74, 6) is -0.583. The third-order valence-corrected chi connectivity index (χ3v) is 3.88. The SMILES string of the molecule is CCC(=O)Nc1cc(C(=O)NCc2cccc(C(F)(F)F)c2Cl)ccn1. The normalized spacial score (nSPS) is 11.1. The van der Waals surface area contributed by atoms with Crippen LogP contribution in [0.5, 0.6) is 0 Å². The van der Waals surface area contributed by atoms with Gasteiger partial charge in [-0.1, -0.05) is 30.7 Å². The first-order valence-corrected chi connectivity index (χ1v) is 7.99. The zero-order valence-corrected chi connectivity index (χ0v) is 14.4. The lowest BCUT2D eigenvalue weighted by atomic mass is 10.1. The Morgan fingerprint density at radius 3 is 2.62 bits per heavy atom. The lowest BCUT2D eigenvalue weighted by molar-refractivity contribution is -0.137. The largest absolute Gasteiger partial charge is 0.417 e. The van der Waals surface area contributed by atoms with E-state index in [2.05, 4.69) is 15.6 Å². The monoisotopic (exact) mass is 385 g/mol. The van der Waals surface area contributed by atoms with Gasteiger partial charge in [-0.15, -0.1) is 0 Å². The number of hydrogen-bond acceptors (Lipinski definition) is 3. The van der Waals surface area contributed by atoms with Crippen LogP contribution in [-0.4, -0.2) is 16.8 Å². The van der Waals surface area contributed by atoms with Crippen LogP contribution in [0.2, 0.25) is 5.02 Å². The summed E-state index contributed by atoms with van der Waals surface area (Å²) in [6.07, 6.45) is -2.97. The molecule has 0 radical (unpaired) electrons. The van der Waals surface area contributed by atoms with E-state index in [1.54, 1.807) is 6.92 Å². The summed E-state index contributed by atoms with van der Waals surface area (Å²) >= 11 is 5.79. The van der Waals surface area contributed by atoms with Crippen molar-refractivity contribution in [3.8, 4) is 0 Å². The molecule has 138 valence electrons. The van der Waals surface area contributed by atoms with Crippen molar-refractivity contribution >= 4 is 29.2 Å². The maximum absolute atomic E-state index is 12.9. The summed E-state index contributed by atoms with van der Waals surface area (Å²) in [6, 6.07) is 6.29. The van der Waals surface area contributed by atoms with Gasteiger partial charge in [0.15, 0.2) is 0 Å². The van der Waals surface area contributed by atoms with E-state index in [1.165, 1.54) is 30.5 Å². The summed E-state index contributed by atoms with van der Waals surface area (Å²) in [5.41, 5.74) is -0.614. The molecule has 0 saturated carbocycles. The third kappa shape index (κ3) is 4.95. The Balaban J connectivity index is 2.10. The molecule has 2 amide bonds. The molecule has 2 rings (SSSR count). The molecule has 26 heavy (non-hydrogen) atoms. The highest BCUT2D eigenvalue weighted by molar-refractivity contribution is 6.32. The fourth-order valence-electron chi connectivity index (χ4n) is 2.08. The van der Waals surface area contributed by atoms with Crippen molar-refractivity contribution in [2.45, 2.75) is 26.1 Å². The van der Waals surface area contributed by atoms with Crippen molar-refractivity contribution in [3.05, 3.63) is 58.2 Å². The lowest BCUT2D eigenvalue weighted by Crippen LogP contribution is -2.23. The minimum absolute atomic E-state index is 0.142. The van der Waals surface area contributed by atoms with Gasteiger partial charge in [0.05, 0.1) is 10.6 Å². The van der Waals surface area contributed by atoms with Crippen LogP contribution in [0.1, 0.15) is 34.8 Å². The van der Waals surface area contributed by atoms with Crippen LogP contribution in [0, 0.1) is 0 Å². The minimum atomic E-state index is -4.57. The number of benzene rings is 1. The molecule has 5 nitrogen and oxygen atoms in total. The molecule has 0 spiro atoms. The van der Waals surface area contributed by atoms with Crippen LogP contribution >= 0.6 is 11.6 Å². The lowest BCUT2D eigenvalue weighted by Gasteiger charge is -2.13. The van der Waals surface area contributed by atoms with E-state index in [9.17, 15) is 22.8 Å². The Kier molecular flexibility index (Phi) is 6.20. The van der Waals surface area contributed by atoms with Crippen LogP contribution in [-0.2, 0) is 17.5 Å². The molecule has 1 aromatic heterocycles. The van der Waals surface area contributed by atoms with E-state index >= 15 is 0 Å². The van der Waals surface area contributed by atoms with Gasteiger partial charge in [-0.2, -0.15) is 13.2 Å². The molecular formula is C17H15ClF3N3O2. The van der Waals surface area contributed by atoms with Crippen molar-refractivity contribution in [1.29, 1.82) is 0 Å². The van der Waals surface area contributed by atoms with Gasteiger partial charge in [0.2, 0.25) is 5.91 Å². The molecule has 0 unspecified atom stereocenters. The van der Waals surface area contributed by atoms with Crippen LogP contribution in [0.25, 0.3) is 0 Å². The molecule has 0 aliphatic carbocycles. The van der Waals surface area contributed by atoms with Crippen molar-refractivity contribution in [3.63, 3.8) is 0 Å². The Morgan fingerprint density at radius 2 is 1.96 bits per heavy atom. The molecular weight excluding hydrogens is 371 g/mol. The number of nitrogens with zero attached hydrogens (tertiary/aromatic N) is 1. The molecule has 1 aromatic carbocycles. The van der Waals surface area contributed by atoms with E-state index in [0.29, 0.717) is 0 Å². The Morgan fingerprint density at radius 1 is 1.23 bits per heavy atom. The van der Waals surface area contributed by atoms with Crippen LogP contribution in [0.15, 0.2) is 36.5 Å². The second-order valence-electron chi connectivity index (χ2n) is 5.29. The average Bonchev–Trinajstić information content (AvgIpc) is 2.59. The molecule has 2 N–H and O–H groups in total. The van der Waals surface area contributed by atoms with E-state index < -0.39 is 22.7 Å². The summed E-state index contributed by atoms with van der Waals surface area (Å²) in [4.78, 5) is 27.5. The number of amides is 2. The minimum Gasteiger partial charge on any atom is -0.348 e. The van der Waals surface area contributed by atoms with Gasteiger partial charge in [-0.25, -0.2) is 4.98 Å². The van der Waals surface area contributed by atoms with Gasteiger partial charge >= 0.3 is 6.18 Å². The van der Waals surface area contributed by atoms with E-state index in [-0.39, 0.29) is 35.8 Å². The first-order valence-electron chi connectivity index (χ1n) is 7.61. The fraction of sp³-hybridized carbons (Fsp3) is 0.235. The van der Waals surface area contributed by atoms with Gasteiger partial charge in [0.25, 0.3) is 5.91 Å². The number of pyridine rings is 1. The van der Waals surface area contributed by atoms with E-state index in [4.69, 9.17) is 11.6 Å². The number of anilines is 1. The quantitative estimate of drug-likeness (QED) is 0.816. The standard InChI is InChI=1S/C17H15ClF3N3O2/c1-2-14(25)24-13-8-10(6-7-22-13)16(26)23-9-11-4-3-5-12(15(11)18)17(19,20)21/h3-8H,2,9H2,1H3,(H,23,26)(H,22,24,25). The zero-order valence-electron chi connectivity index (χ0n) is 13.7. The fourth-order valence-corrected chi connectivity index (χ4v) is 2.38. The highest BCUT2D eigenvalue weighted by Gasteiger charge is 2.33. The van der Waals surface area contributed by atoms with Gasteiger partial charge in [-0.05, 0) is 23.8 Å². The van der Waals surface area contributed by atoms with Crippen LogP contribution in [0.3, 0.4) is 0 Å². The number of carbonyl (C=O) groups excluding carboxylic acids is 2. The van der Waals surface area contributed by atoms with Gasteiger partial charge < -0.3 is 10.6 Å². The molecule has 1 heterocycles. The van der Waals surface area contributed by atoms with Crippen molar-refractivity contribution in [2.75, 3.05) is 5.32 Å². The number of aromatic nitrogens is 1. The number of carbonyl (C=O) groups is 2. The molecule has 0 aliphatic heterocycles. The highest BCUT2D eigenvalue weighted by atomic mass is 35.5. The highest BCUT2D eigenvalue weighted by Crippen LogP contribution is 2.36. The van der Waals surface area contributed by atoms with Gasteiger partial charge in [-0.3, -0.25) is 9.59 Å². The Labute approximate surface area is 152 Å². The Hall–Kier alpha value is -2.61. The summed E-state index contributed by atoms with van der Waals surface area (Å²) in [5, 5.41) is 4.56. The molecule has 0 aliphatic rings. The summed E-state index contributed by atoms with van der Waals surface area (Å²) < 4.78 is 38.6. The number of hydrogen-bond donors (Lipinski definition) is 2. The maximum Gasteiger partial charge on any atom is 0.417 e. The Bertz CT molecular complexity index is 825. The second kappa shape index (κ2) is 8.18. The number of nitrogens with one attached hydrogen (secondary N) is 2. The zero-order chi connectivity index (χ0) is 19.3. The molecule has 2 aromatic rings. The van der Waals surface area contributed by atoms with Crippen molar-refractivity contribution in [1.82, 2.24) is 10.3 Å². The molecule has 0 atom stereocenters. The number of rotatable bonds is 5. The average molecular weight is 386 g/mol. The van der Waals surface area contributed by atoms with Gasteiger partial charge in [0, 0.05) is 24.7 Å². The summed E-state index contributed by atoms with van der Waals surface area (Å²) in [7, 11) is 0. The number of alkyl halides is 3. The smallest absolute Gasteiger partial charge is 0.348 e. The van der Waals surface area contributed by atoms with E-state index in [0.717, 1.165) is 6.07 Å². The number of halogens is 4. The maximum atomic E-state index is 12.9. The van der Waals surface area contributed by atoms with E-state index in [1.807, 2.05) is 0 Å². The first kappa shape index (κ1) is 19.7. The van der Waals surface area contributed by atoms with Gasteiger partial charge in [0.1, 0.15) is 5.82 Å². The van der Waals surface area contributed by atoms with Crippen molar-refractivity contribution in [2.24, 2.45) is 0 Å². The third-order valence-electron chi connectivity index (χ3n) is 3.43. The topological polar surface area (TPSA) is 71.1 Å². The molecule has 0 fully saturated rings. The predicted octanol–water partition coefficient (Wildman–Crippen LogP) is 4.03. The van der Waals surface area contributed by atoms with Crippen LogP contribution in [0.4, 0.5) is 19.0 Å². The van der Waals surface area contributed by atoms with Crippen LogP contribution < -0.4 is 10.6 Å². The predicted molar refractivity (Wildman–Crippen MR) is 90.8 cm³/mol. The molecule has 9 heteroatoms. The van der Waals surface area contributed by atoms with Crippen molar-refractivity contribution < 1.29 is 22.8 Å². The first-order chi connectivity index (χ1) is 12.2. The molecule has 0 saturated heterocycles. The summed E-state index contributed by atoms with van der Waals surface area (Å²) in [6.45, 7) is 1.49. The second-order valence-corrected chi connectivity index (χ2v) is 5.67. The molecule has 0 bridgehead atoms.